The van der Waals surface area contributed by atoms with E-state index < -0.39 is 0 Å². The minimum absolute atomic E-state index is 0.191. The lowest BCUT2D eigenvalue weighted by atomic mass is 9.92. The smallest absolute Gasteiger partial charge is 0.143 e. The molecule has 0 fully saturated rings. The molecule has 1 aliphatic heterocycles. The molecule has 4 nitrogen and oxygen atoms in total. The summed E-state index contributed by atoms with van der Waals surface area (Å²) in [6.07, 6.45) is 5.34. The van der Waals surface area contributed by atoms with Crippen LogP contribution in [0.1, 0.15) is 58.7 Å². The van der Waals surface area contributed by atoms with Gasteiger partial charge in [0.15, 0.2) is 0 Å². The van der Waals surface area contributed by atoms with E-state index in [1.54, 1.807) is 0 Å². The molecule has 0 radical (unpaired) electrons. The lowest BCUT2D eigenvalue weighted by Crippen LogP contribution is -2.44. The third-order valence-electron chi connectivity index (χ3n) is 12.0. The Kier molecular flexibility index (Phi) is 7.80. The highest BCUT2D eigenvalue weighted by Crippen LogP contribution is 2.49. The minimum Gasteiger partial charge on any atom is -0.455 e. The van der Waals surface area contributed by atoms with E-state index in [9.17, 15) is 0 Å². The summed E-state index contributed by atoms with van der Waals surface area (Å²) in [6.45, 7) is 2.35. The summed E-state index contributed by atoms with van der Waals surface area (Å²) >= 11 is 3.83. The Bertz CT molecular complexity index is 3300. The van der Waals surface area contributed by atoms with E-state index >= 15 is 0 Å². The van der Waals surface area contributed by atoms with Crippen molar-refractivity contribution in [3.63, 3.8) is 0 Å². The molecule has 0 amide bonds. The SMILES string of the molecule is CC1CC=Cc2c1sc1c(-c3cc(-c4cccc5c4sc4ccccc45)cc4c3oc3ccc(C5NC(c6ccccc6)=NC(c6ccccc6)N5)cc34)cccc21. The first-order valence-corrected chi connectivity index (χ1v) is 21.6. The standard InChI is InChI=1S/C52H37N3OS2/c1-30-13-10-20-38-39-22-12-23-40(49(39)58-47(30)38)42-28-34(35-19-11-21-37-36-18-8-9-24-45(36)57-48(35)37)29-43-41-27-33(25-26-44(41)56-46(42)43)52-54-50(31-14-4-2-5-15-31)53-51(55-52)32-16-6-3-7-17-32/h2-12,14-30,50,52,54H,13H2,1H3,(H,53,55). The van der Waals surface area contributed by atoms with Gasteiger partial charge in [0.25, 0.3) is 0 Å². The third kappa shape index (κ3) is 5.40. The van der Waals surface area contributed by atoms with E-state index in [1.165, 1.54) is 57.4 Å². The van der Waals surface area contributed by atoms with Crippen LogP contribution < -0.4 is 10.6 Å². The average molecular weight is 784 g/mol. The van der Waals surface area contributed by atoms with Crippen LogP contribution in [-0.4, -0.2) is 5.84 Å². The van der Waals surface area contributed by atoms with Gasteiger partial charge in [-0.15, -0.1) is 22.7 Å². The molecular weight excluding hydrogens is 747 g/mol. The fourth-order valence-electron chi connectivity index (χ4n) is 9.09. The molecule has 3 atom stereocenters. The van der Waals surface area contributed by atoms with E-state index in [2.05, 4.69) is 175 Å². The molecule has 0 bridgehead atoms. The van der Waals surface area contributed by atoms with Gasteiger partial charge < -0.3 is 9.73 Å². The van der Waals surface area contributed by atoms with Crippen molar-refractivity contribution in [1.29, 1.82) is 0 Å². The first-order valence-electron chi connectivity index (χ1n) is 20.0. The maximum absolute atomic E-state index is 6.99. The number of nitrogens with zero attached hydrogens (tertiary/aromatic N) is 1. The highest BCUT2D eigenvalue weighted by Gasteiger charge is 2.27. The van der Waals surface area contributed by atoms with E-state index in [0.29, 0.717) is 5.92 Å². The van der Waals surface area contributed by atoms with Crippen LogP contribution in [0.4, 0.5) is 0 Å². The topological polar surface area (TPSA) is 49.6 Å². The van der Waals surface area contributed by atoms with Crippen molar-refractivity contribution >= 4 is 86.8 Å². The van der Waals surface area contributed by atoms with Gasteiger partial charge in [-0.2, -0.15) is 0 Å². The molecule has 58 heavy (non-hydrogen) atoms. The molecular formula is C52H37N3OS2. The van der Waals surface area contributed by atoms with Gasteiger partial charge in [-0.1, -0.05) is 140 Å². The van der Waals surface area contributed by atoms with Gasteiger partial charge in [-0.3, -0.25) is 5.32 Å². The maximum atomic E-state index is 6.99. The number of amidine groups is 1. The highest BCUT2D eigenvalue weighted by atomic mass is 32.1. The molecule has 6 heteroatoms. The zero-order valence-corrected chi connectivity index (χ0v) is 33.3. The van der Waals surface area contributed by atoms with Gasteiger partial charge in [0.2, 0.25) is 0 Å². The van der Waals surface area contributed by atoms with E-state index in [1.807, 2.05) is 28.7 Å². The second kappa shape index (κ2) is 13.4. The molecule has 2 N–H and O–H groups in total. The Labute approximate surface area is 343 Å². The second-order valence-electron chi connectivity index (χ2n) is 15.5. The van der Waals surface area contributed by atoms with Crippen molar-refractivity contribution in [3.8, 4) is 22.3 Å². The summed E-state index contributed by atoms with van der Waals surface area (Å²) in [4.78, 5) is 6.63. The van der Waals surface area contributed by atoms with Gasteiger partial charge in [-0.25, -0.2) is 4.99 Å². The number of allylic oxidation sites excluding steroid dienone is 1. The number of fused-ring (bicyclic) bond motifs is 9. The van der Waals surface area contributed by atoms with E-state index in [4.69, 9.17) is 9.41 Å². The number of nitrogens with one attached hydrogen (secondary N) is 2. The lowest BCUT2D eigenvalue weighted by Gasteiger charge is -2.32. The van der Waals surface area contributed by atoms with Crippen molar-refractivity contribution in [1.82, 2.24) is 10.6 Å². The Balaban J connectivity index is 1.08. The van der Waals surface area contributed by atoms with Crippen LogP contribution >= 0.6 is 22.7 Å². The van der Waals surface area contributed by atoms with Crippen molar-refractivity contribution in [2.45, 2.75) is 31.6 Å². The molecule has 3 unspecified atom stereocenters. The van der Waals surface area contributed by atoms with Crippen molar-refractivity contribution in [2.75, 3.05) is 0 Å². The van der Waals surface area contributed by atoms with Crippen molar-refractivity contribution in [3.05, 3.63) is 185 Å². The number of rotatable bonds is 5. The second-order valence-corrected chi connectivity index (χ2v) is 17.6. The zero-order chi connectivity index (χ0) is 38.3. The first kappa shape index (κ1) is 33.8. The molecule has 0 saturated carbocycles. The first-order chi connectivity index (χ1) is 28.6. The Morgan fingerprint density at radius 1 is 0.603 bits per heavy atom. The van der Waals surface area contributed by atoms with Crippen LogP contribution in [-0.2, 0) is 0 Å². The predicted molar refractivity (Wildman–Crippen MR) is 246 cm³/mol. The maximum Gasteiger partial charge on any atom is 0.143 e. The molecule has 2 aliphatic rings. The van der Waals surface area contributed by atoms with Gasteiger partial charge in [0, 0.05) is 62.6 Å². The molecule has 1 aliphatic carbocycles. The fraction of sp³-hybridized carbons (Fsp3) is 0.0962. The highest BCUT2D eigenvalue weighted by molar-refractivity contribution is 7.26. The fourth-order valence-corrected chi connectivity index (χ4v) is 11.7. The normalized spacial score (nSPS) is 17.9. The van der Waals surface area contributed by atoms with Crippen molar-refractivity contribution in [2.24, 2.45) is 4.99 Å². The molecule has 3 aromatic heterocycles. The summed E-state index contributed by atoms with van der Waals surface area (Å²) in [7, 11) is 0. The number of thiophene rings is 2. The molecule has 0 spiro atoms. The molecule has 7 aromatic carbocycles. The summed E-state index contributed by atoms with van der Waals surface area (Å²) < 4.78 is 10.9. The number of hydrogen-bond acceptors (Lipinski definition) is 6. The number of hydrogen-bond donors (Lipinski definition) is 2. The van der Waals surface area contributed by atoms with Crippen LogP contribution in [0.25, 0.3) is 80.5 Å². The molecule has 4 heterocycles. The number of aliphatic imine (C=N–C) groups is 1. The van der Waals surface area contributed by atoms with Gasteiger partial charge >= 0.3 is 0 Å². The Morgan fingerprint density at radius 3 is 2.24 bits per heavy atom. The van der Waals surface area contributed by atoms with Crippen LogP contribution in [0.2, 0.25) is 0 Å². The Morgan fingerprint density at radius 2 is 1.36 bits per heavy atom. The molecule has 10 aromatic rings. The summed E-state index contributed by atoms with van der Waals surface area (Å²) in [6, 6.07) is 54.6. The lowest BCUT2D eigenvalue weighted by molar-refractivity contribution is 0.409. The quantitative estimate of drug-likeness (QED) is 0.183. The van der Waals surface area contributed by atoms with Gasteiger partial charge in [-0.05, 0) is 70.5 Å². The number of benzene rings is 7. The minimum atomic E-state index is -0.214. The monoisotopic (exact) mass is 783 g/mol. The van der Waals surface area contributed by atoms with E-state index in [-0.39, 0.29) is 12.3 Å². The zero-order valence-electron chi connectivity index (χ0n) is 31.7. The van der Waals surface area contributed by atoms with Gasteiger partial charge in [0.1, 0.15) is 29.3 Å². The Hall–Kier alpha value is -6.31. The van der Waals surface area contributed by atoms with Crippen LogP contribution in [0.3, 0.4) is 0 Å². The summed E-state index contributed by atoms with van der Waals surface area (Å²) in [5.41, 5.74) is 11.2. The largest absolute Gasteiger partial charge is 0.455 e. The van der Waals surface area contributed by atoms with Crippen LogP contribution in [0, 0.1) is 0 Å². The molecule has 12 rings (SSSR count). The summed E-state index contributed by atoms with van der Waals surface area (Å²) in [5.74, 6) is 1.37. The van der Waals surface area contributed by atoms with Crippen LogP contribution in [0.5, 0.6) is 0 Å². The predicted octanol–water partition coefficient (Wildman–Crippen LogP) is 14.4. The van der Waals surface area contributed by atoms with Crippen molar-refractivity contribution < 1.29 is 4.42 Å². The van der Waals surface area contributed by atoms with Gasteiger partial charge in [0.05, 0.1) is 0 Å². The average Bonchev–Trinajstić information content (AvgIpc) is 3.98. The van der Waals surface area contributed by atoms with Crippen LogP contribution in [0.15, 0.2) is 167 Å². The third-order valence-corrected chi connectivity index (χ3v) is 14.7. The van der Waals surface area contributed by atoms with E-state index in [0.717, 1.165) is 56.4 Å². The molecule has 278 valence electrons. The summed E-state index contributed by atoms with van der Waals surface area (Å²) in [5, 5.41) is 13.7. The number of furan rings is 1. The molecule has 0 saturated heterocycles.